The number of carboxylic acids is 1. The Kier molecular flexibility index (Phi) is 2.93. The van der Waals surface area contributed by atoms with Crippen molar-refractivity contribution < 1.29 is 9.90 Å². The molecule has 0 aliphatic heterocycles. The summed E-state index contributed by atoms with van der Waals surface area (Å²) in [6.07, 6.45) is 1.72. The van der Waals surface area contributed by atoms with Crippen molar-refractivity contribution in [1.29, 1.82) is 0 Å². The zero-order valence-electron chi connectivity index (χ0n) is 11.3. The van der Waals surface area contributed by atoms with Crippen molar-refractivity contribution in [2.75, 3.05) is 0 Å². The number of carbonyl (C=O) groups is 1. The maximum Gasteiger partial charge on any atom is 0.337 e. The quantitative estimate of drug-likeness (QED) is 0.877. The molecule has 0 aliphatic carbocycles. The minimum atomic E-state index is -0.863. The summed E-state index contributed by atoms with van der Waals surface area (Å²) in [6, 6.07) is 6.11. The van der Waals surface area contributed by atoms with Gasteiger partial charge in [0.15, 0.2) is 0 Å². The summed E-state index contributed by atoms with van der Waals surface area (Å²) in [5.74, 6) is -0.863. The van der Waals surface area contributed by atoms with Crippen LogP contribution in [0.1, 0.15) is 43.6 Å². The Morgan fingerprint density at radius 1 is 1.33 bits per heavy atom. The van der Waals surface area contributed by atoms with Crippen LogP contribution < -0.4 is 0 Å². The Hall–Kier alpha value is -1.77. The molecule has 2 rings (SSSR count). The predicted octanol–water partition coefficient (Wildman–Crippen LogP) is 3.66. The highest BCUT2D eigenvalue weighted by Gasteiger charge is 2.18. The lowest BCUT2D eigenvalue weighted by molar-refractivity contribution is 0.0699. The molecule has 0 aliphatic rings. The van der Waals surface area contributed by atoms with Crippen LogP contribution in [0.5, 0.6) is 0 Å². The number of benzene rings is 1. The molecule has 0 unspecified atom stereocenters. The summed E-state index contributed by atoms with van der Waals surface area (Å²) in [5, 5.41) is 10.1. The molecule has 1 N–H and O–H groups in total. The van der Waals surface area contributed by atoms with E-state index in [0.29, 0.717) is 5.56 Å². The summed E-state index contributed by atoms with van der Waals surface area (Å²) in [7, 11) is 0. The topological polar surface area (TPSA) is 42.2 Å². The summed E-state index contributed by atoms with van der Waals surface area (Å²) in [4.78, 5) is 11.3. The SMILES string of the molecule is CCn1cc(C(=O)O)c2cc(C(C)(C)C)ccc21. The fraction of sp³-hybridized carbons (Fsp3) is 0.400. The number of fused-ring (bicyclic) bond motifs is 1. The zero-order valence-corrected chi connectivity index (χ0v) is 11.3. The molecule has 1 heterocycles. The lowest BCUT2D eigenvalue weighted by Crippen LogP contribution is -2.10. The molecule has 0 amide bonds. The normalized spacial score (nSPS) is 12.0. The average Bonchev–Trinajstić information content (AvgIpc) is 2.65. The third-order valence-electron chi connectivity index (χ3n) is 3.32. The van der Waals surface area contributed by atoms with Gasteiger partial charge in [-0.3, -0.25) is 0 Å². The Labute approximate surface area is 107 Å². The highest BCUT2D eigenvalue weighted by Crippen LogP contribution is 2.29. The van der Waals surface area contributed by atoms with Gasteiger partial charge in [-0.1, -0.05) is 26.8 Å². The van der Waals surface area contributed by atoms with Gasteiger partial charge in [-0.25, -0.2) is 4.79 Å². The van der Waals surface area contributed by atoms with Gasteiger partial charge in [0.1, 0.15) is 0 Å². The van der Waals surface area contributed by atoms with E-state index in [2.05, 4.69) is 26.8 Å². The largest absolute Gasteiger partial charge is 0.478 e. The molecule has 1 aromatic heterocycles. The molecule has 3 heteroatoms. The standard InChI is InChI=1S/C15H19NO2/c1-5-16-9-12(14(17)18)11-8-10(15(2,3)4)6-7-13(11)16/h6-9H,5H2,1-4H3,(H,17,18). The van der Waals surface area contributed by atoms with E-state index in [-0.39, 0.29) is 5.41 Å². The van der Waals surface area contributed by atoms with E-state index >= 15 is 0 Å². The Balaban J connectivity index is 2.75. The number of hydrogen-bond donors (Lipinski definition) is 1. The molecule has 0 bridgehead atoms. The minimum Gasteiger partial charge on any atom is -0.478 e. The van der Waals surface area contributed by atoms with Gasteiger partial charge in [-0.15, -0.1) is 0 Å². The third kappa shape index (κ3) is 2.01. The molecular weight excluding hydrogens is 226 g/mol. The van der Waals surface area contributed by atoms with E-state index < -0.39 is 5.97 Å². The Bertz CT molecular complexity index is 603. The molecular formula is C15H19NO2. The van der Waals surface area contributed by atoms with E-state index in [1.54, 1.807) is 6.20 Å². The molecule has 18 heavy (non-hydrogen) atoms. The minimum absolute atomic E-state index is 0.0261. The van der Waals surface area contributed by atoms with Gasteiger partial charge in [0.05, 0.1) is 5.56 Å². The second-order valence-corrected chi connectivity index (χ2v) is 5.62. The summed E-state index contributed by atoms with van der Waals surface area (Å²) in [6.45, 7) is 9.18. The maximum atomic E-state index is 11.3. The van der Waals surface area contributed by atoms with E-state index in [4.69, 9.17) is 0 Å². The van der Waals surface area contributed by atoms with Crippen molar-refractivity contribution in [2.24, 2.45) is 0 Å². The number of rotatable bonds is 2. The van der Waals surface area contributed by atoms with Crippen molar-refractivity contribution in [3.63, 3.8) is 0 Å². The van der Waals surface area contributed by atoms with E-state index in [1.807, 2.05) is 23.6 Å². The molecule has 3 nitrogen and oxygen atoms in total. The molecule has 0 atom stereocenters. The second kappa shape index (κ2) is 4.16. The number of aromatic nitrogens is 1. The molecule has 0 saturated heterocycles. The Morgan fingerprint density at radius 2 is 2.00 bits per heavy atom. The van der Waals surface area contributed by atoms with Crippen LogP contribution in [0.4, 0.5) is 0 Å². The van der Waals surface area contributed by atoms with Crippen molar-refractivity contribution in [3.05, 3.63) is 35.5 Å². The third-order valence-corrected chi connectivity index (χ3v) is 3.32. The van der Waals surface area contributed by atoms with Gasteiger partial charge in [0.2, 0.25) is 0 Å². The van der Waals surface area contributed by atoms with Gasteiger partial charge >= 0.3 is 5.97 Å². The first kappa shape index (κ1) is 12.7. The van der Waals surface area contributed by atoms with Crippen LogP contribution in [0.3, 0.4) is 0 Å². The monoisotopic (exact) mass is 245 g/mol. The molecule has 0 radical (unpaired) electrons. The average molecular weight is 245 g/mol. The number of aryl methyl sites for hydroxylation is 1. The van der Waals surface area contributed by atoms with Crippen molar-refractivity contribution in [3.8, 4) is 0 Å². The number of carboxylic acid groups (broad SMARTS) is 1. The molecule has 2 aromatic rings. The second-order valence-electron chi connectivity index (χ2n) is 5.62. The first-order valence-corrected chi connectivity index (χ1v) is 6.21. The van der Waals surface area contributed by atoms with E-state index in [1.165, 1.54) is 0 Å². The van der Waals surface area contributed by atoms with Crippen LogP contribution in [0, 0.1) is 0 Å². The molecule has 1 aromatic carbocycles. The highest BCUT2D eigenvalue weighted by molar-refractivity contribution is 6.03. The first-order chi connectivity index (χ1) is 8.34. The number of aromatic carboxylic acids is 1. The van der Waals surface area contributed by atoms with Crippen LogP contribution in [-0.4, -0.2) is 15.6 Å². The molecule has 0 spiro atoms. The van der Waals surface area contributed by atoms with Gasteiger partial charge in [-0.05, 0) is 30.0 Å². The fourth-order valence-corrected chi connectivity index (χ4v) is 2.20. The van der Waals surface area contributed by atoms with Crippen molar-refractivity contribution in [2.45, 2.75) is 39.7 Å². The first-order valence-electron chi connectivity index (χ1n) is 6.21. The zero-order chi connectivity index (χ0) is 13.5. The van der Waals surface area contributed by atoms with Crippen LogP contribution in [-0.2, 0) is 12.0 Å². The van der Waals surface area contributed by atoms with Gasteiger partial charge in [0.25, 0.3) is 0 Å². The summed E-state index contributed by atoms with van der Waals surface area (Å²) in [5.41, 5.74) is 2.56. The smallest absolute Gasteiger partial charge is 0.337 e. The van der Waals surface area contributed by atoms with Crippen molar-refractivity contribution in [1.82, 2.24) is 4.57 Å². The summed E-state index contributed by atoms with van der Waals surface area (Å²) >= 11 is 0. The molecule has 0 fully saturated rings. The number of nitrogens with zero attached hydrogens (tertiary/aromatic N) is 1. The molecule has 0 saturated carbocycles. The summed E-state index contributed by atoms with van der Waals surface area (Å²) < 4.78 is 1.98. The predicted molar refractivity (Wildman–Crippen MR) is 73.3 cm³/mol. The van der Waals surface area contributed by atoms with E-state index in [0.717, 1.165) is 23.0 Å². The highest BCUT2D eigenvalue weighted by atomic mass is 16.4. The van der Waals surface area contributed by atoms with Gasteiger partial charge in [0, 0.05) is 23.6 Å². The fourth-order valence-electron chi connectivity index (χ4n) is 2.20. The van der Waals surface area contributed by atoms with E-state index in [9.17, 15) is 9.90 Å². The van der Waals surface area contributed by atoms with Crippen molar-refractivity contribution >= 4 is 16.9 Å². The maximum absolute atomic E-state index is 11.3. The lowest BCUT2D eigenvalue weighted by atomic mass is 9.86. The Morgan fingerprint density at radius 3 is 2.50 bits per heavy atom. The van der Waals surface area contributed by atoms with Crippen LogP contribution in [0.15, 0.2) is 24.4 Å². The van der Waals surface area contributed by atoms with Gasteiger partial charge in [-0.2, -0.15) is 0 Å². The van der Waals surface area contributed by atoms with Crippen LogP contribution in [0.2, 0.25) is 0 Å². The van der Waals surface area contributed by atoms with Crippen LogP contribution in [0.25, 0.3) is 10.9 Å². The molecule has 96 valence electrons. The van der Waals surface area contributed by atoms with Crippen LogP contribution >= 0.6 is 0 Å². The lowest BCUT2D eigenvalue weighted by Gasteiger charge is -2.19. The van der Waals surface area contributed by atoms with Gasteiger partial charge < -0.3 is 9.67 Å². The number of hydrogen-bond acceptors (Lipinski definition) is 1.